The van der Waals surface area contributed by atoms with Gasteiger partial charge in [-0.2, -0.15) is 0 Å². The van der Waals surface area contributed by atoms with Crippen molar-refractivity contribution in [1.82, 2.24) is 0 Å². The van der Waals surface area contributed by atoms with Crippen LogP contribution in [0.2, 0.25) is 5.02 Å². The van der Waals surface area contributed by atoms with Gasteiger partial charge in [-0.1, -0.05) is 17.7 Å². The summed E-state index contributed by atoms with van der Waals surface area (Å²) in [6.45, 7) is 6.22. The molecule has 3 rings (SSSR count). The van der Waals surface area contributed by atoms with Gasteiger partial charge < -0.3 is 5.32 Å². The summed E-state index contributed by atoms with van der Waals surface area (Å²) in [6, 6.07) is 5.57. The standard InChI is InChI=1S/C17H16ClNOS2/c1-9-4-5-12(6-14(9)18)19-17(20)16-7-15-13(8-21-16)10(2)11(3)22-15/h4-7H,8H2,1-3H3,(H,19,20). The van der Waals surface area contributed by atoms with Gasteiger partial charge in [-0.15, -0.1) is 23.1 Å². The Kier molecular flexibility index (Phi) is 4.35. The molecule has 2 aromatic rings. The SMILES string of the molecule is Cc1ccc(NC(=O)C2=Cc3sc(C)c(C)c3CS2)cc1Cl. The average molecular weight is 350 g/mol. The van der Waals surface area contributed by atoms with Gasteiger partial charge in [0.05, 0.1) is 4.91 Å². The summed E-state index contributed by atoms with van der Waals surface area (Å²) in [5.74, 6) is 0.790. The summed E-state index contributed by atoms with van der Waals surface area (Å²) in [6.07, 6.45) is 2.00. The van der Waals surface area contributed by atoms with Crippen LogP contribution in [0.25, 0.3) is 6.08 Å². The van der Waals surface area contributed by atoms with E-state index in [1.807, 2.05) is 25.1 Å². The van der Waals surface area contributed by atoms with E-state index in [0.29, 0.717) is 5.02 Å². The second-order valence-corrected chi connectivity index (χ2v) is 8.02. The van der Waals surface area contributed by atoms with Gasteiger partial charge >= 0.3 is 0 Å². The third-order valence-corrected chi connectivity index (χ3v) is 6.48. The first-order valence-electron chi connectivity index (χ1n) is 6.96. The van der Waals surface area contributed by atoms with E-state index in [1.54, 1.807) is 29.2 Å². The lowest BCUT2D eigenvalue weighted by Crippen LogP contribution is -2.14. The van der Waals surface area contributed by atoms with Crippen LogP contribution in [0.4, 0.5) is 5.69 Å². The van der Waals surface area contributed by atoms with E-state index in [4.69, 9.17) is 11.6 Å². The molecular weight excluding hydrogens is 334 g/mol. The van der Waals surface area contributed by atoms with E-state index < -0.39 is 0 Å². The molecule has 0 fully saturated rings. The minimum Gasteiger partial charge on any atom is -0.321 e. The number of carbonyl (C=O) groups excluding carboxylic acids is 1. The molecule has 2 nitrogen and oxygen atoms in total. The molecule has 5 heteroatoms. The van der Waals surface area contributed by atoms with Crippen LogP contribution in [0.5, 0.6) is 0 Å². The Bertz CT molecular complexity index is 792. The Morgan fingerprint density at radius 2 is 2.05 bits per heavy atom. The van der Waals surface area contributed by atoms with Crippen LogP contribution in [0, 0.1) is 20.8 Å². The predicted octanol–water partition coefficient (Wildman–Crippen LogP) is 5.55. The van der Waals surface area contributed by atoms with Crippen LogP contribution in [-0.2, 0) is 10.5 Å². The van der Waals surface area contributed by atoms with Gasteiger partial charge in [-0.05, 0) is 55.7 Å². The highest BCUT2D eigenvalue weighted by molar-refractivity contribution is 8.03. The first-order chi connectivity index (χ1) is 10.5. The number of aryl methyl sites for hydroxylation is 2. The quantitative estimate of drug-likeness (QED) is 0.769. The Morgan fingerprint density at radius 1 is 1.27 bits per heavy atom. The predicted molar refractivity (Wildman–Crippen MR) is 97.9 cm³/mol. The molecule has 1 aliphatic heterocycles. The molecule has 0 unspecified atom stereocenters. The lowest BCUT2D eigenvalue weighted by Gasteiger charge is -2.14. The lowest BCUT2D eigenvalue weighted by molar-refractivity contribution is -0.112. The van der Waals surface area contributed by atoms with E-state index >= 15 is 0 Å². The maximum absolute atomic E-state index is 12.4. The molecule has 0 saturated heterocycles. The summed E-state index contributed by atoms with van der Waals surface area (Å²) < 4.78 is 0. The molecular formula is C17H16ClNOS2. The van der Waals surface area contributed by atoms with Crippen molar-refractivity contribution in [3.8, 4) is 0 Å². The first-order valence-corrected chi connectivity index (χ1v) is 9.14. The van der Waals surface area contributed by atoms with Crippen molar-refractivity contribution in [2.45, 2.75) is 26.5 Å². The Morgan fingerprint density at radius 3 is 2.77 bits per heavy atom. The molecule has 114 valence electrons. The number of thiophene rings is 1. The second-order valence-electron chi connectivity index (χ2n) is 5.34. The van der Waals surface area contributed by atoms with Crippen molar-refractivity contribution in [2.75, 3.05) is 5.32 Å². The van der Waals surface area contributed by atoms with Gasteiger partial charge in [0, 0.05) is 26.2 Å². The maximum Gasteiger partial charge on any atom is 0.262 e. The van der Waals surface area contributed by atoms with Gasteiger partial charge in [0.15, 0.2) is 0 Å². The van der Waals surface area contributed by atoms with Crippen LogP contribution < -0.4 is 5.32 Å². The van der Waals surface area contributed by atoms with Crippen LogP contribution in [0.1, 0.15) is 26.4 Å². The number of fused-ring (bicyclic) bond motifs is 1. The highest BCUT2D eigenvalue weighted by atomic mass is 35.5. The highest BCUT2D eigenvalue weighted by Crippen LogP contribution is 2.39. The van der Waals surface area contributed by atoms with Crippen LogP contribution >= 0.6 is 34.7 Å². The number of anilines is 1. The molecule has 1 aromatic heterocycles. The number of hydrogen-bond donors (Lipinski definition) is 1. The van der Waals surface area contributed by atoms with Gasteiger partial charge in [0.1, 0.15) is 0 Å². The number of rotatable bonds is 2. The third kappa shape index (κ3) is 2.96. The topological polar surface area (TPSA) is 29.1 Å². The fourth-order valence-electron chi connectivity index (χ4n) is 2.30. The fourth-order valence-corrected chi connectivity index (χ4v) is 4.83. The van der Waals surface area contributed by atoms with Crippen molar-refractivity contribution >= 4 is 52.4 Å². The summed E-state index contributed by atoms with van der Waals surface area (Å²) in [4.78, 5) is 15.7. The normalized spacial score (nSPS) is 13.5. The van der Waals surface area contributed by atoms with Gasteiger partial charge in [-0.25, -0.2) is 0 Å². The molecule has 0 atom stereocenters. The minimum absolute atomic E-state index is 0.0701. The molecule has 1 aliphatic rings. The van der Waals surface area contributed by atoms with E-state index in [1.165, 1.54) is 20.9 Å². The van der Waals surface area contributed by atoms with Crippen molar-refractivity contribution in [2.24, 2.45) is 0 Å². The molecule has 1 amide bonds. The van der Waals surface area contributed by atoms with E-state index in [0.717, 1.165) is 21.9 Å². The molecule has 0 bridgehead atoms. The highest BCUT2D eigenvalue weighted by Gasteiger charge is 2.21. The zero-order chi connectivity index (χ0) is 15.9. The number of thioether (sulfide) groups is 1. The number of amides is 1. The molecule has 22 heavy (non-hydrogen) atoms. The Labute approximate surface area is 143 Å². The fraction of sp³-hybridized carbons (Fsp3) is 0.235. The maximum atomic E-state index is 12.4. The molecule has 1 N–H and O–H groups in total. The Hall–Kier alpha value is -1.23. The summed E-state index contributed by atoms with van der Waals surface area (Å²) >= 11 is 9.45. The van der Waals surface area contributed by atoms with E-state index in [-0.39, 0.29) is 5.91 Å². The molecule has 0 aliphatic carbocycles. The molecule has 1 aromatic carbocycles. The lowest BCUT2D eigenvalue weighted by atomic mass is 10.1. The molecule has 2 heterocycles. The first kappa shape index (κ1) is 15.7. The van der Waals surface area contributed by atoms with Gasteiger partial charge in [-0.3, -0.25) is 4.79 Å². The summed E-state index contributed by atoms with van der Waals surface area (Å²) in [7, 11) is 0. The van der Waals surface area contributed by atoms with Crippen LogP contribution in [-0.4, -0.2) is 5.91 Å². The van der Waals surface area contributed by atoms with Crippen molar-refractivity contribution in [3.63, 3.8) is 0 Å². The average Bonchev–Trinajstić information content (AvgIpc) is 2.77. The number of carbonyl (C=O) groups is 1. The zero-order valence-electron chi connectivity index (χ0n) is 12.6. The van der Waals surface area contributed by atoms with Crippen LogP contribution in [0.3, 0.4) is 0 Å². The number of nitrogens with one attached hydrogen (secondary N) is 1. The number of halogens is 1. The van der Waals surface area contributed by atoms with Gasteiger partial charge in [0.2, 0.25) is 0 Å². The smallest absolute Gasteiger partial charge is 0.262 e. The van der Waals surface area contributed by atoms with E-state index in [9.17, 15) is 4.79 Å². The van der Waals surface area contributed by atoms with Crippen LogP contribution in [0.15, 0.2) is 23.1 Å². The minimum atomic E-state index is -0.0701. The van der Waals surface area contributed by atoms with E-state index in [2.05, 4.69) is 19.2 Å². The molecule has 0 saturated carbocycles. The van der Waals surface area contributed by atoms with Crippen molar-refractivity contribution in [3.05, 3.63) is 54.6 Å². The van der Waals surface area contributed by atoms with Crippen molar-refractivity contribution < 1.29 is 4.79 Å². The Balaban J connectivity index is 1.82. The van der Waals surface area contributed by atoms with Crippen molar-refractivity contribution in [1.29, 1.82) is 0 Å². The monoisotopic (exact) mass is 349 g/mol. The summed E-state index contributed by atoms with van der Waals surface area (Å²) in [5.41, 5.74) is 4.45. The number of hydrogen-bond acceptors (Lipinski definition) is 3. The van der Waals surface area contributed by atoms with Gasteiger partial charge in [0.25, 0.3) is 5.91 Å². The molecule has 0 spiro atoms. The second kappa shape index (κ2) is 6.11. The zero-order valence-corrected chi connectivity index (χ0v) is 15.0. The summed E-state index contributed by atoms with van der Waals surface area (Å²) in [5, 5.41) is 3.59. The largest absolute Gasteiger partial charge is 0.321 e. The third-order valence-electron chi connectivity index (χ3n) is 3.83. The number of benzene rings is 1. The molecule has 0 radical (unpaired) electrons.